The number of halogens is 1. The molecule has 0 spiro atoms. The highest BCUT2D eigenvalue weighted by Gasteiger charge is 2.13. The van der Waals surface area contributed by atoms with Crippen LogP contribution in [0.25, 0.3) is 10.4 Å². The van der Waals surface area contributed by atoms with Gasteiger partial charge in [0.05, 0.1) is 0 Å². The van der Waals surface area contributed by atoms with E-state index >= 15 is 0 Å². The highest BCUT2D eigenvalue weighted by molar-refractivity contribution is 7.15. The van der Waals surface area contributed by atoms with Crippen LogP contribution in [-0.4, -0.2) is 17.1 Å². The zero-order valence-corrected chi connectivity index (χ0v) is 10.3. The van der Waals surface area contributed by atoms with Gasteiger partial charge in [0, 0.05) is 16.2 Å². The molecule has 2 aromatic rings. The van der Waals surface area contributed by atoms with Gasteiger partial charge in [0.15, 0.2) is 0 Å². The lowest BCUT2D eigenvalue weighted by Gasteiger charge is -2.02. The van der Waals surface area contributed by atoms with E-state index in [0.717, 1.165) is 15.3 Å². The van der Waals surface area contributed by atoms with Crippen molar-refractivity contribution in [2.75, 3.05) is 0 Å². The van der Waals surface area contributed by atoms with Crippen LogP contribution in [0.3, 0.4) is 0 Å². The van der Waals surface area contributed by atoms with Crippen molar-refractivity contribution in [1.82, 2.24) is 0 Å². The molecule has 1 aromatic carbocycles. The summed E-state index contributed by atoms with van der Waals surface area (Å²) in [6, 6.07) is 9.05. The Bertz CT molecular complexity index is 550. The second-order valence-electron chi connectivity index (χ2n) is 3.92. The fourth-order valence-electron chi connectivity index (χ4n) is 1.56. The number of carboxylic acid groups (broad SMARTS) is 1. The van der Waals surface area contributed by atoms with Crippen molar-refractivity contribution in [3.05, 3.63) is 47.1 Å². The fraction of sp³-hybridized carbons (Fsp3) is 0.154. The van der Waals surface area contributed by atoms with Crippen molar-refractivity contribution < 1.29 is 14.3 Å². The largest absolute Gasteiger partial charge is 0.480 e. The first-order valence-electron chi connectivity index (χ1n) is 5.39. The van der Waals surface area contributed by atoms with Crippen molar-refractivity contribution in [3.63, 3.8) is 0 Å². The van der Waals surface area contributed by atoms with Crippen LogP contribution < -0.4 is 5.73 Å². The lowest BCUT2D eigenvalue weighted by Crippen LogP contribution is -2.31. The summed E-state index contributed by atoms with van der Waals surface area (Å²) in [4.78, 5) is 12.5. The highest BCUT2D eigenvalue weighted by Crippen LogP contribution is 2.28. The minimum absolute atomic E-state index is 0.275. The Hall–Kier alpha value is -1.72. The maximum atomic E-state index is 12.8. The Morgan fingerprint density at radius 3 is 2.56 bits per heavy atom. The van der Waals surface area contributed by atoms with Gasteiger partial charge in [-0.15, -0.1) is 11.3 Å². The molecule has 0 aliphatic carbocycles. The van der Waals surface area contributed by atoms with Crippen LogP contribution in [0.5, 0.6) is 0 Å². The zero-order chi connectivity index (χ0) is 13.1. The summed E-state index contributed by atoms with van der Waals surface area (Å²) in [5.41, 5.74) is 6.39. The first-order valence-corrected chi connectivity index (χ1v) is 6.21. The second-order valence-corrected chi connectivity index (χ2v) is 5.09. The summed E-state index contributed by atoms with van der Waals surface area (Å²) in [5.74, 6) is -1.28. The molecule has 0 amide bonds. The third kappa shape index (κ3) is 2.94. The van der Waals surface area contributed by atoms with Crippen LogP contribution in [0.1, 0.15) is 4.88 Å². The van der Waals surface area contributed by atoms with Gasteiger partial charge in [-0.25, -0.2) is 4.39 Å². The first kappa shape index (κ1) is 12.7. The highest BCUT2D eigenvalue weighted by atomic mass is 32.1. The van der Waals surface area contributed by atoms with E-state index in [1.807, 2.05) is 12.1 Å². The van der Waals surface area contributed by atoms with Crippen LogP contribution in [0.15, 0.2) is 36.4 Å². The quantitative estimate of drug-likeness (QED) is 0.892. The number of nitrogens with two attached hydrogens (primary N) is 1. The summed E-state index contributed by atoms with van der Waals surface area (Å²) in [7, 11) is 0. The topological polar surface area (TPSA) is 63.3 Å². The van der Waals surface area contributed by atoms with Crippen LogP contribution >= 0.6 is 11.3 Å². The average molecular weight is 265 g/mol. The summed E-state index contributed by atoms with van der Waals surface area (Å²) in [6.07, 6.45) is 0.307. The van der Waals surface area contributed by atoms with E-state index in [0.29, 0.717) is 6.42 Å². The smallest absolute Gasteiger partial charge is 0.320 e. The molecule has 1 heterocycles. The molecule has 5 heteroatoms. The zero-order valence-electron chi connectivity index (χ0n) is 9.47. The molecule has 1 aromatic heterocycles. The third-order valence-corrected chi connectivity index (χ3v) is 3.69. The van der Waals surface area contributed by atoms with E-state index < -0.39 is 12.0 Å². The van der Waals surface area contributed by atoms with E-state index in [9.17, 15) is 9.18 Å². The van der Waals surface area contributed by atoms with E-state index in [1.165, 1.54) is 23.5 Å². The number of carboxylic acids is 1. The Labute approximate surface area is 108 Å². The lowest BCUT2D eigenvalue weighted by molar-refractivity contribution is -0.138. The molecule has 0 aliphatic heterocycles. The Morgan fingerprint density at radius 1 is 1.28 bits per heavy atom. The lowest BCUT2D eigenvalue weighted by atomic mass is 10.2. The molecule has 0 bridgehead atoms. The van der Waals surface area contributed by atoms with Crippen molar-refractivity contribution in [2.24, 2.45) is 5.73 Å². The van der Waals surface area contributed by atoms with E-state index in [4.69, 9.17) is 10.8 Å². The molecular weight excluding hydrogens is 253 g/mol. The van der Waals surface area contributed by atoms with Crippen LogP contribution in [0.4, 0.5) is 4.39 Å². The van der Waals surface area contributed by atoms with Crippen LogP contribution in [0, 0.1) is 5.82 Å². The molecular formula is C13H12FNO2S. The second kappa shape index (κ2) is 5.29. The third-order valence-electron chi connectivity index (χ3n) is 2.53. The molecule has 0 saturated heterocycles. The average Bonchev–Trinajstić information content (AvgIpc) is 2.78. The molecule has 18 heavy (non-hydrogen) atoms. The molecule has 3 nitrogen and oxygen atoms in total. The van der Waals surface area contributed by atoms with Crippen molar-refractivity contribution in [3.8, 4) is 10.4 Å². The minimum atomic E-state index is -1.01. The van der Waals surface area contributed by atoms with E-state index in [1.54, 1.807) is 12.1 Å². The Balaban J connectivity index is 2.15. The van der Waals surface area contributed by atoms with Gasteiger partial charge in [0.2, 0.25) is 0 Å². The Kier molecular flexibility index (Phi) is 3.74. The van der Waals surface area contributed by atoms with Crippen molar-refractivity contribution in [2.45, 2.75) is 12.5 Å². The molecule has 3 N–H and O–H groups in total. The molecule has 0 aliphatic rings. The number of hydrogen-bond acceptors (Lipinski definition) is 3. The maximum absolute atomic E-state index is 12.8. The van der Waals surface area contributed by atoms with Crippen molar-refractivity contribution in [1.29, 1.82) is 0 Å². The van der Waals surface area contributed by atoms with E-state index in [2.05, 4.69) is 0 Å². The van der Waals surface area contributed by atoms with Gasteiger partial charge >= 0.3 is 5.97 Å². The molecule has 0 fully saturated rings. The number of carbonyl (C=O) groups is 1. The van der Waals surface area contributed by atoms with Crippen molar-refractivity contribution >= 4 is 17.3 Å². The predicted octanol–water partition coefficient (Wildman–Crippen LogP) is 2.51. The normalized spacial score (nSPS) is 12.3. The molecule has 0 radical (unpaired) electrons. The van der Waals surface area contributed by atoms with Gasteiger partial charge in [-0.2, -0.15) is 0 Å². The monoisotopic (exact) mass is 265 g/mol. The number of rotatable bonds is 4. The minimum Gasteiger partial charge on any atom is -0.480 e. The summed E-state index contributed by atoms with van der Waals surface area (Å²) >= 11 is 1.47. The fourth-order valence-corrected chi connectivity index (χ4v) is 2.63. The molecule has 2 rings (SSSR count). The number of benzene rings is 1. The molecule has 94 valence electrons. The van der Waals surface area contributed by atoms with Gasteiger partial charge < -0.3 is 10.8 Å². The molecule has 1 unspecified atom stereocenters. The van der Waals surface area contributed by atoms with E-state index in [-0.39, 0.29) is 5.82 Å². The summed E-state index contributed by atoms with van der Waals surface area (Å²) < 4.78 is 12.8. The standard InChI is InChI=1S/C13H12FNO2S/c14-9-3-1-8(2-4-9)12-6-5-10(18-12)7-11(15)13(16)17/h1-6,11H,7,15H2,(H,16,17). The molecule has 0 saturated carbocycles. The summed E-state index contributed by atoms with van der Waals surface area (Å²) in [6.45, 7) is 0. The van der Waals surface area contributed by atoms with Crippen LogP contribution in [-0.2, 0) is 11.2 Å². The van der Waals surface area contributed by atoms with Gasteiger partial charge in [0.1, 0.15) is 11.9 Å². The van der Waals surface area contributed by atoms with Gasteiger partial charge in [-0.05, 0) is 29.8 Å². The predicted molar refractivity (Wildman–Crippen MR) is 69.0 cm³/mol. The summed E-state index contributed by atoms with van der Waals surface area (Å²) in [5, 5.41) is 8.74. The Morgan fingerprint density at radius 2 is 1.94 bits per heavy atom. The van der Waals surface area contributed by atoms with Gasteiger partial charge in [-0.1, -0.05) is 12.1 Å². The van der Waals surface area contributed by atoms with Gasteiger partial charge in [0.25, 0.3) is 0 Å². The molecule has 1 atom stereocenters. The number of thiophene rings is 1. The maximum Gasteiger partial charge on any atom is 0.320 e. The van der Waals surface area contributed by atoms with Crippen LogP contribution in [0.2, 0.25) is 0 Å². The number of aliphatic carboxylic acids is 1. The van der Waals surface area contributed by atoms with Gasteiger partial charge in [-0.3, -0.25) is 4.79 Å². The first-order chi connectivity index (χ1) is 8.56. The number of hydrogen-bond donors (Lipinski definition) is 2. The SMILES string of the molecule is NC(Cc1ccc(-c2ccc(F)cc2)s1)C(=O)O.